The number of carbonyl (C=O) groups excluding carboxylic acids is 2. The van der Waals surface area contributed by atoms with Gasteiger partial charge in [-0.25, -0.2) is 8.42 Å². The van der Waals surface area contributed by atoms with E-state index >= 15 is 0 Å². The van der Waals surface area contributed by atoms with Gasteiger partial charge in [-0.2, -0.15) is 0 Å². The molecule has 0 saturated carbocycles. The normalized spacial score (nSPS) is 11.1. The van der Waals surface area contributed by atoms with Crippen molar-refractivity contribution in [2.45, 2.75) is 17.7 Å². The Balaban J connectivity index is 1.94. The van der Waals surface area contributed by atoms with Gasteiger partial charge in [0.05, 0.1) is 9.77 Å². The number of nitrogens with one attached hydrogen (secondary N) is 1. The Morgan fingerprint density at radius 3 is 2.55 bits per heavy atom. The zero-order chi connectivity index (χ0) is 16.2. The van der Waals surface area contributed by atoms with E-state index in [4.69, 9.17) is 0 Å². The van der Waals surface area contributed by atoms with Gasteiger partial charge in [-0.15, -0.1) is 11.3 Å². The van der Waals surface area contributed by atoms with Gasteiger partial charge in [0.1, 0.15) is 0 Å². The van der Waals surface area contributed by atoms with Crippen LogP contribution in [0.4, 0.5) is 5.69 Å². The lowest BCUT2D eigenvalue weighted by atomic mass is 10.2. The molecule has 1 amide bonds. The number of carbonyl (C=O) groups is 2. The van der Waals surface area contributed by atoms with Gasteiger partial charge in [-0.3, -0.25) is 9.59 Å². The average Bonchev–Trinajstić information content (AvgIpc) is 2.98. The Morgan fingerprint density at radius 2 is 1.91 bits per heavy atom. The maximum atomic E-state index is 11.8. The Morgan fingerprint density at radius 1 is 1.14 bits per heavy atom. The van der Waals surface area contributed by atoms with Crippen molar-refractivity contribution in [3.63, 3.8) is 0 Å². The number of hydrogen-bond acceptors (Lipinski definition) is 5. The Kier molecular flexibility index (Phi) is 5.10. The van der Waals surface area contributed by atoms with Crippen LogP contribution in [0.1, 0.15) is 22.5 Å². The minimum absolute atomic E-state index is 0.0554. The van der Waals surface area contributed by atoms with Gasteiger partial charge in [0.2, 0.25) is 5.91 Å². The van der Waals surface area contributed by atoms with Crippen LogP contribution in [-0.4, -0.2) is 26.4 Å². The number of sulfone groups is 1. The van der Waals surface area contributed by atoms with E-state index in [0.717, 1.165) is 6.26 Å². The number of ketones is 1. The van der Waals surface area contributed by atoms with E-state index in [0.29, 0.717) is 10.6 Å². The molecule has 1 aromatic carbocycles. The number of rotatable bonds is 6. The first-order valence-corrected chi connectivity index (χ1v) is 9.30. The highest BCUT2D eigenvalue weighted by Gasteiger charge is 2.12. The molecule has 0 aliphatic rings. The monoisotopic (exact) mass is 337 g/mol. The van der Waals surface area contributed by atoms with Crippen LogP contribution in [0.15, 0.2) is 46.7 Å². The highest BCUT2D eigenvalue weighted by molar-refractivity contribution is 7.90. The molecule has 0 unspecified atom stereocenters. The molecule has 1 aromatic heterocycles. The third-order valence-electron chi connectivity index (χ3n) is 2.92. The quantitative estimate of drug-likeness (QED) is 0.822. The zero-order valence-electron chi connectivity index (χ0n) is 11.9. The summed E-state index contributed by atoms with van der Waals surface area (Å²) in [6.45, 7) is 0. The topological polar surface area (TPSA) is 80.3 Å². The van der Waals surface area contributed by atoms with Gasteiger partial charge in [-0.1, -0.05) is 12.1 Å². The van der Waals surface area contributed by atoms with Crippen LogP contribution >= 0.6 is 11.3 Å². The lowest BCUT2D eigenvalue weighted by molar-refractivity contribution is -0.116. The van der Waals surface area contributed by atoms with Gasteiger partial charge in [0.15, 0.2) is 15.6 Å². The largest absolute Gasteiger partial charge is 0.326 e. The van der Waals surface area contributed by atoms with Crippen LogP contribution in [0.25, 0.3) is 0 Å². The molecule has 116 valence electrons. The standard InChI is InChI=1S/C15H15NO4S2/c1-22(19,20)12-5-2-4-11(10-12)16-15(18)8-7-13(17)14-6-3-9-21-14/h2-6,9-10H,7-8H2,1H3,(H,16,18). The van der Waals surface area contributed by atoms with Gasteiger partial charge >= 0.3 is 0 Å². The molecule has 1 N–H and O–H groups in total. The van der Waals surface area contributed by atoms with Crippen molar-refractivity contribution in [1.29, 1.82) is 0 Å². The molecule has 0 saturated heterocycles. The van der Waals surface area contributed by atoms with Gasteiger partial charge in [0.25, 0.3) is 0 Å². The summed E-state index contributed by atoms with van der Waals surface area (Å²) in [5.74, 6) is -0.398. The van der Waals surface area contributed by atoms with Crippen molar-refractivity contribution < 1.29 is 18.0 Å². The molecule has 0 aliphatic carbocycles. The predicted octanol–water partition coefficient (Wildman–Crippen LogP) is 2.75. The summed E-state index contributed by atoms with van der Waals surface area (Å²) in [5.41, 5.74) is 0.400. The van der Waals surface area contributed by atoms with E-state index in [9.17, 15) is 18.0 Å². The molecule has 2 aromatic rings. The van der Waals surface area contributed by atoms with Crippen molar-refractivity contribution in [2.75, 3.05) is 11.6 Å². The second kappa shape index (κ2) is 6.85. The van der Waals surface area contributed by atoms with E-state index in [1.807, 2.05) is 5.38 Å². The van der Waals surface area contributed by atoms with E-state index in [1.54, 1.807) is 24.3 Å². The fourth-order valence-corrected chi connectivity index (χ4v) is 3.18. The van der Waals surface area contributed by atoms with Crippen LogP contribution in [-0.2, 0) is 14.6 Å². The summed E-state index contributed by atoms with van der Waals surface area (Å²) in [7, 11) is -3.32. The van der Waals surface area contributed by atoms with Crippen LogP contribution in [0.2, 0.25) is 0 Å². The van der Waals surface area contributed by atoms with Gasteiger partial charge in [-0.05, 0) is 29.6 Å². The first kappa shape index (κ1) is 16.4. The first-order chi connectivity index (χ1) is 10.4. The van der Waals surface area contributed by atoms with Gasteiger partial charge < -0.3 is 5.32 Å². The molecule has 0 aliphatic heterocycles. The molecular formula is C15H15NO4S2. The minimum atomic E-state index is -3.32. The molecule has 0 bridgehead atoms. The van der Waals surface area contributed by atoms with Crippen LogP contribution in [0, 0.1) is 0 Å². The molecule has 0 fully saturated rings. The van der Waals surface area contributed by atoms with E-state index in [1.165, 1.54) is 23.5 Å². The maximum Gasteiger partial charge on any atom is 0.224 e. The third kappa shape index (κ3) is 4.51. The molecule has 7 heteroatoms. The second-order valence-electron chi connectivity index (χ2n) is 4.75. The smallest absolute Gasteiger partial charge is 0.224 e. The zero-order valence-corrected chi connectivity index (χ0v) is 13.5. The number of benzene rings is 1. The summed E-state index contributed by atoms with van der Waals surface area (Å²) in [6.07, 6.45) is 1.28. The van der Waals surface area contributed by atoms with Crippen molar-refractivity contribution in [1.82, 2.24) is 0 Å². The third-order valence-corrected chi connectivity index (χ3v) is 4.94. The highest BCUT2D eigenvalue weighted by atomic mass is 32.2. The summed E-state index contributed by atoms with van der Waals surface area (Å²) in [6, 6.07) is 9.53. The average molecular weight is 337 g/mol. The number of amides is 1. The lowest BCUT2D eigenvalue weighted by Gasteiger charge is -2.06. The second-order valence-corrected chi connectivity index (χ2v) is 7.71. The first-order valence-electron chi connectivity index (χ1n) is 6.53. The Hall–Kier alpha value is -1.99. The van der Waals surface area contributed by atoms with Crippen LogP contribution < -0.4 is 5.32 Å². The van der Waals surface area contributed by atoms with E-state index in [-0.39, 0.29) is 29.4 Å². The SMILES string of the molecule is CS(=O)(=O)c1cccc(NC(=O)CCC(=O)c2cccs2)c1. The van der Waals surface area contributed by atoms with Crippen molar-refractivity contribution >= 4 is 38.6 Å². The number of anilines is 1. The fourth-order valence-electron chi connectivity index (χ4n) is 1.82. The lowest BCUT2D eigenvalue weighted by Crippen LogP contribution is -2.13. The molecular weight excluding hydrogens is 322 g/mol. The summed E-state index contributed by atoms with van der Waals surface area (Å²) < 4.78 is 22.9. The number of thiophene rings is 1. The van der Waals surface area contributed by atoms with E-state index < -0.39 is 9.84 Å². The Bertz CT molecular complexity index is 780. The molecule has 0 radical (unpaired) electrons. The molecule has 0 atom stereocenters. The molecule has 0 spiro atoms. The maximum absolute atomic E-state index is 11.8. The molecule has 2 rings (SSSR count). The number of Topliss-reactive ketones (excluding diaryl/α,β-unsaturated/α-hetero) is 1. The molecule has 22 heavy (non-hydrogen) atoms. The highest BCUT2D eigenvalue weighted by Crippen LogP contribution is 2.16. The van der Waals surface area contributed by atoms with E-state index in [2.05, 4.69) is 5.32 Å². The number of hydrogen-bond donors (Lipinski definition) is 1. The van der Waals surface area contributed by atoms with Crippen molar-refractivity contribution in [2.24, 2.45) is 0 Å². The molecule has 5 nitrogen and oxygen atoms in total. The van der Waals surface area contributed by atoms with Crippen molar-refractivity contribution in [3.05, 3.63) is 46.7 Å². The fraction of sp³-hybridized carbons (Fsp3) is 0.200. The minimum Gasteiger partial charge on any atom is -0.326 e. The van der Waals surface area contributed by atoms with Crippen molar-refractivity contribution in [3.8, 4) is 0 Å². The summed E-state index contributed by atoms with van der Waals surface area (Å²) in [5, 5.41) is 4.41. The summed E-state index contributed by atoms with van der Waals surface area (Å²) in [4.78, 5) is 24.4. The summed E-state index contributed by atoms with van der Waals surface area (Å²) >= 11 is 1.34. The predicted molar refractivity (Wildman–Crippen MR) is 86.1 cm³/mol. The Labute approximate surface area is 132 Å². The van der Waals surface area contributed by atoms with Gasteiger partial charge in [0, 0.05) is 24.8 Å². The van der Waals surface area contributed by atoms with Crippen LogP contribution in [0.3, 0.4) is 0 Å². The van der Waals surface area contributed by atoms with Crippen LogP contribution in [0.5, 0.6) is 0 Å². The molecule has 1 heterocycles.